The average molecular weight is 443 g/mol. The molecule has 2 aliphatic heterocycles. The zero-order valence-corrected chi connectivity index (χ0v) is 18.9. The van der Waals surface area contributed by atoms with Gasteiger partial charge in [0.15, 0.2) is 12.2 Å². The fourth-order valence-electron chi connectivity index (χ4n) is 4.49. The van der Waals surface area contributed by atoms with Gasteiger partial charge in [-0.2, -0.15) is 0 Å². The number of esters is 2. The van der Waals surface area contributed by atoms with Crippen LogP contribution in [-0.4, -0.2) is 24.1 Å². The molecule has 0 N–H and O–H groups in total. The smallest absolute Gasteiger partial charge is 0.338 e. The van der Waals surface area contributed by atoms with E-state index in [0.29, 0.717) is 11.1 Å². The van der Waals surface area contributed by atoms with Crippen LogP contribution in [0.3, 0.4) is 0 Å². The van der Waals surface area contributed by atoms with Gasteiger partial charge in [0.1, 0.15) is 12.2 Å². The zero-order chi connectivity index (χ0) is 23.2. The highest BCUT2D eigenvalue weighted by Gasteiger charge is 2.57. The molecular formula is C28H26O5. The quantitative estimate of drug-likeness (QED) is 0.495. The third kappa shape index (κ3) is 3.93. The second-order valence-corrected chi connectivity index (χ2v) is 9.54. The van der Waals surface area contributed by atoms with E-state index < -0.39 is 36.4 Å². The van der Waals surface area contributed by atoms with Crippen LogP contribution in [0.15, 0.2) is 78.9 Å². The Balaban J connectivity index is 1.48. The van der Waals surface area contributed by atoms with E-state index in [9.17, 15) is 9.59 Å². The van der Waals surface area contributed by atoms with Crippen molar-refractivity contribution in [3.8, 4) is 0 Å². The summed E-state index contributed by atoms with van der Waals surface area (Å²) in [7, 11) is 0. The van der Waals surface area contributed by atoms with Crippen molar-refractivity contribution in [3.63, 3.8) is 0 Å². The highest BCUT2D eigenvalue weighted by molar-refractivity contribution is 5.90. The number of carbonyl (C=O) groups excluding carboxylic acids is 2. The maximum absolute atomic E-state index is 12.9. The van der Waals surface area contributed by atoms with E-state index in [4.69, 9.17) is 14.2 Å². The summed E-state index contributed by atoms with van der Waals surface area (Å²) < 4.78 is 18.1. The van der Waals surface area contributed by atoms with E-state index in [-0.39, 0.29) is 5.41 Å². The Labute approximate surface area is 193 Å². The van der Waals surface area contributed by atoms with Gasteiger partial charge >= 0.3 is 11.9 Å². The predicted octanol–water partition coefficient (Wildman–Crippen LogP) is 5.56. The number of rotatable bonds is 4. The molecule has 0 saturated carbocycles. The summed E-state index contributed by atoms with van der Waals surface area (Å²) in [6, 6.07) is 23.9. The number of benzene rings is 3. The number of carbonyl (C=O) groups is 2. The molecule has 0 amide bonds. The molecule has 1 fully saturated rings. The summed E-state index contributed by atoms with van der Waals surface area (Å²) in [5.74, 6) is -0.934. The zero-order valence-electron chi connectivity index (χ0n) is 18.9. The molecule has 1 saturated heterocycles. The summed E-state index contributed by atoms with van der Waals surface area (Å²) in [5, 5.41) is 0. The molecule has 5 heteroatoms. The van der Waals surface area contributed by atoms with Gasteiger partial charge in [0, 0.05) is 0 Å². The van der Waals surface area contributed by atoms with Crippen LogP contribution in [0.4, 0.5) is 0 Å². The van der Waals surface area contributed by atoms with E-state index in [0.717, 1.165) is 11.1 Å². The van der Waals surface area contributed by atoms with Crippen LogP contribution < -0.4 is 0 Å². The lowest BCUT2D eigenvalue weighted by Crippen LogP contribution is -2.39. The summed E-state index contributed by atoms with van der Waals surface area (Å²) in [5.41, 5.74) is 3.99. The van der Waals surface area contributed by atoms with E-state index in [1.54, 1.807) is 48.5 Å². The third-order valence-electron chi connectivity index (χ3n) is 6.28. The number of hydrogen-bond acceptors (Lipinski definition) is 5. The van der Waals surface area contributed by atoms with E-state index in [1.807, 2.05) is 18.2 Å². The average Bonchev–Trinajstić information content (AvgIpc) is 3.36. The van der Waals surface area contributed by atoms with Crippen molar-refractivity contribution in [2.24, 2.45) is 0 Å². The van der Waals surface area contributed by atoms with Crippen LogP contribution in [0, 0.1) is 0 Å². The second kappa shape index (κ2) is 8.16. The van der Waals surface area contributed by atoms with Crippen LogP contribution in [0.1, 0.15) is 70.4 Å². The lowest BCUT2D eigenvalue weighted by molar-refractivity contribution is -0.0348. The third-order valence-corrected chi connectivity index (χ3v) is 6.28. The monoisotopic (exact) mass is 442 g/mol. The molecule has 0 aliphatic carbocycles. The maximum atomic E-state index is 12.9. The van der Waals surface area contributed by atoms with E-state index >= 15 is 0 Å². The fourth-order valence-corrected chi connectivity index (χ4v) is 4.49. The molecule has 2 bridgehead atoms. The van der Waals surface area contributed by atoms with Gasteiger partial charge in [0.25, 0.3) is 0 Å². The van der Waals surface area contributed by atoms with E-state index in [1.165, 1.54) is 5.56 Å². The van der Waals surface area contributed by atoms with Crippen LogP contribution >= 0.6 is 0 Å². The van der Waals surface area contributed by atoms with Gasteiger partial charge in [-0.05, 0) is 46.4 Å². The lowest BCUT2D eigenvalue weighted by Gasteiger charge is -2.30. The molecule has 3 aromatic carbocycles. The van der Waals surface area contributed by atoms with Gasteiger partial charge in [-0.3, -0.25) is 0 Å². The molecule has 2 heterocycles. The number of fused-ring (bicyclic) bond motifs is 5. The Morgan fingerprint density at radius 2 is 1.18 bits per heavy atom. The van der Waals surface area contributed by atoms with Gasteiger partial charge in [0.05, 0.1) is 11.1 Å². The Hall–Kier alpha value is -3.44. The Kier molecular flexibility index (Phi) is 5.29. The number of ether oxygens (including phenoxy) is 3. The molecule has 168 valence electrons. The van der Waals surface area contributed by atoms with Gasteiger partial charge in [-0.25, -0.2) is 9.59 Å². The topological polar surface area (TPSA) is 61.8 Å². The fraction of sp³-hybridized carbons (Fsp3) is 0.286. The largest absolute Gasteiger partial charge is 0.452 e. The normalized spacial score (nSPS) is 23.1. The van der Waals surface area contributed by atoms with Crippen LogP contribution in [0.5, 0.6) is 0 Å². The molecule has 4 unspecified atom stereocenters. The first kappa shape index (κ1) is 21.4. The highest BCUT2D eigenvalue weighted by atomic mass is 16.6. The number of hydrogen-bond donors (Lipinski definition) is 0. The molecule has 3 aromatic rings. The minimum atomic E-state index is -0.738. The highest BCUT2D eigenvalue weighted by Crippen LogP contribution is 2.54. The maximum Gasteiger partial charge on any atom is 0.338 e. The molecule has 0 spiro atoms. The Morgan fingerprint density at radius 1 is 0.697 bits per heavy atom. The van der Waals surface area contributed by atoms with Crippen molar-refractivity contribution >= 4 is 11.9 Å². The minimum absolute atomic E-state index is 0.0355. The minimum Gasteiger partial charge on any atom is -0.452 e. The van der Waals surface area contributed by atoms with Gasteiger partial charge in [-0.1, -0.05) is 75.4 Å². The van der Waals surface area contributed by atoms with Crippen LogP contribution in [-0.2, 0) is 19.6 Å². The molecule has 0 aromatic heterocycles. The second-order valence-electron chi connectivity index (χ2n) is 9.54. The summed E-state index contributed by atoms with van der Waals surface area (Å²) in [6.45, 7) is 6.46. The van der Waals surface area contributed by atoms with Crippen molar-refractivity contribution in [1.29, 1.82) is 0 Å². The van der Waals surface area contributed by atoms with Crippen molar-refractivity contribution in [2.75, 3.05) is 0 Å². The van der Waals surface area contributed by atoms with Crippen molar-refractivity contribution in [1.82, 2.24) is 0 Å². The van der Waals surface area contributed by atoms with Crippen LogP contribution in [0.2, 0.25) is 0 Å². The first-order chi connectivity index (χ1) is 15.8. The van der Waals surface area contributed by atoms with Gasteiger partial charge < -0.3 is 14.2 Å². The molecule has 33 heavy (non-hydrogen) atoms. The molecule has 0 radical (unpaired) electrons. The summed E-state index contributed by atoms with van der Waals surface area (Å²) in [4.78, 5) is 25.8. The predicted molar refractivity (Wildman–Crippen MR) is 123 cm³/mol. The molecule has 5 rings (SSSR count). The standard InChI is InChI=1S/C28H26O5/c1-28(2,3)19-14-15-20-21(16-19)23-25(33-27(30)18-12-8-5-9-13-18)24(22(20)31-23)32-26(29)17-10-6-4-7-11-17/h4-16,22-25H,1-3H3. The molecule has 4 atom stereocenters. The van der Waals surface area contributed by atoms with Crippen molar-refractivity contribution in [2.45, 2.75) is 50.6 Å². The molecule has 5 nitrogen and oxygen atoms in total. The molecule has 2 aliphatic rings. The summed E-state index contributed by atoms with van der Waals surface area (Å²) >= 11 is 0. The van der Waals surface area contributed by atoms with Crippen molar-refractivity contribution < 1.29 is 23.8 Å². The van der Waals surface area contributed by atoms with Gasteiger partial charge in [0.2, 0.25) is 0 Å². The Morgan fingerprint density at radius 3 is 1.67 bits per heavy atom. The van der Waals surface area contributed by atoms with Gasteiger partial charge in [-0.15, -0.1) is 0 Å². The SMILES string of the molecule is CC(C)(C)c1ccc2c(c1)C1OC2C(OC(=O)c2ccccc2)C1OC(=O)c1ccccc1. The molecular weight excluding hydrogens is 416 g/mol. The first-order valence-electron chi connectivity index (χ1n) is 11.1. The lowest BCUT2D eigenvalue weighted by atomic mass is 9.81. The first-order valence-corrected chi connectivity index (χ1v) is 11.1. The van der Waals surface area contributed by atoms with E-state index in [2.05, 4.69) is 32.9 Å². The Bertz CT molecular complexity index is 1180. The summed E-state index contributed by atoms with van der Waals surface area (Å²) in [6.07, 6.45) is -2.45. The van der Waals surface area contributed by atoms with Crippen LogP contribution in [0.25, 0.3) is 0 Å². The van der Waals surface area contributed by atoms with Crippen molar-refractivity contribution in [3.05, 3.63) is 107 Å².